The summed E-state index contributed by atoms with van der Waals surface area (Å²) in [7, 11) is 0. The summed E-state index contributed by atoms with van der Waals surface area (Å²) in [6.07, 6.45) is 7.06. The number of carbonyl (C=O) groups is 1. The zero-order valence-corrected chi connectivity index (χ0v) is 19.5. The molecule has 1 saturated carbocycles. The van der Waals surface area contributed by atoms with Crippen molar-refractivity contribution in [3.63, 3.8) is 0 Å². The van der Waals surface area contributed by atoms with Gasteiger partial charge in [-0.05, 0) is 43.6 Å². The molecule has 1 atom stereocenters. The van der Waals surface area contributed by atoms with E-state index in [1.165, 1.54) is 18.4 Å². The monoisotopic (exact) mass is 426 g/mol. The Kier molecular flexibility index (Phi) is 6.24. The van der Waals surface area contributed by atoms with Crippen LogP contribution < -0.4 is 0 Å². The predicted molar refractivity (Wildman–Crippen MR) is 123 cm³/mol. The van der Waals surface area contributed by atoms with Gasteiger partial charge in [0.15, 0.2) is 11.0 Å². The Bertz CT molecular complexity index is 872. The van der Waals surface area contributed by atoms with E-state index in [-0.39, 0.29) is 16.6 Å². The predicted octanol–water partition coefficient (Wildman–Crippen LogP) is 5.46. The van der Waals surface area contributed by atoms with Gasteiger partial charge in [-0.3, -0.25) is 9.36 Å². The smallest absolute Gasteiger partial charge is 0.235 e. The molecule has 162 valence electrons. The van der Waals surface area contributed by atoms with Crippen molar-refractivity contribution < 1.29 is 4.79 Å². The molecule has 6 heteroatoms. The van der Waals surface area contributed by atoms with E-state index in [1.807, 2.05) is 11.8 Å². The molecule has 2 heterocycles. The van der Waals surface area contributed by atoms with Crippen molar-refractivity contribution in [2.24, 2.45) is 0 Å². The van der Waals surface area contributed by atoms with Crippen molar-refractivity contribution in [2.45, 2.75) is 88.1 Å². The molecular weight excluding hydrogens is 392 g/mol. The molecule has 4 rings (SSSR count). The highest BCUT2D eigenvalue weighted by Crippen LogP contribution is 2.38. The minimum absolute atomic E-state index is 0.129. The molecule has 1 saturated heterocycles. The van der Waals surface area contributed by atoms with Gasteiger partial charge in [-0.2, -0.15) is 0 Å². The zero-order chi connectivity index (χ0) is 21.3. The molecule has 0 spiro atoms. The van der Waals surface area contributed by atoms with Crippen LogP contribution in [0.2, 0.25) is 0 Å². The van der Waals surface area contributed by atoms with E-state index >= 15 is 0 Å². The maximum Gasteiger partial charge on any atom is 0.235 e. The lowest BCUT2D eigenvalue weighted by atomic mass is 9.86. The first-order chi connectivity index (χ1) is 14.3. The van der Waals surface area contributed by atoms with E-state index in [0.29, 0.717) is 6.04 Å². The van der Waals surface area contributed by atoms with Gasteiger partial charge in [-0.15, -0.1) is 10.2 Å². The van der Waals surface area contributed by atoms with Gasteiger partial charge in [0.1, 0.15) is 0 Å². The maximum absolute atomic E-state index is 12.8. The number of hydrogen-bond acceptors (Lipinski definition) is 4. The second-order valence-corrected chi connectivity index (χ2v) is 11.0. The molecule has 0 unspecified atom stereocenters. The van der Waals surface area contributed by atoms with Gasteiger partial charge in [-0.1, -0.05) is 69.6 Å². The van der Waals surface area contributed by atoms with Gasteiger partial charge in [-0.25, -0.2) is 0 Å². The second-order valence-electron chi connectivity index (χ2n) is 9.73. The lowest BCUT2D eigenvalue weighted by Crippen LogP contribution is -2.34. The fourth-order valence-corrected chi connectivity index (χ4v) is 5.57. The molecule has 5 nitrogen and oxygen atoms in total. The number of nitrogens with zero attached hydrogens (tertiary/aromatic N) is 4. The number of carbonyl (C=O) groups excluding carboxylic acids is 1. The SMILES string of the molecule is C[C@H](Sc1nnc(-c2ccc(C(C)(C)C)cc2)n1C1CCCC1)C(=O)N1CCCC1. The normalized spacial score (nSPS) is 18.9. The summed E-state index contributed by atoms with van der Waals surface area (Å²) in [6.45, 7) is 10.5. The molecule has 2 aliphatic rings. The van der Waals surface area contributed by atoms with Crippen LogP contribution in [0.15, 0.2) is 29.4 Å². The van der Waals surface area contributed by atoms with Gasteiger partial charge in [0.25, 0.3) is 0 Å². The van der Waals surface area contributed by atoms with Crippen LogP contribution in [-0.2, 0) is 10.2 Å². The van der Waals surface area contributed by atoms with Gasteiger partial charge in [0.05, 0.1) is 5.25 Å². The Balaban J connectivity index is 1.62. The van der Waals surface area contributed by atoms with Crippen molar-refractivity contribution in [3.8, 4) is 11.4 Å². The van der Waals surface area contributed by atoms with Crippen molar-refractivity contribution in [1.82, 2.24) is 19.7 Å². The van der Waals surface area contributed by atoms with Crippen LogP contribution in [0.1, 0.15) is 77.8 Å². The molecule has 0 bridgehead atoms. The minimum atomic E-state index is -0.136. The Hall–Kier alpha value is -1.82. The largest absolute Gasteiger partial charge is 0.342 e. The summed E-state index contributed by atoms with van der Waals surface area (Å²) < 4.78 is 2.32. The van der Waals surface area contributed by atoms with Crippen LogP contribution in [0.4, 0.5) is 0 Å². The third-order valence-corrected chi connectivity index (χ3v) is 7.46. The van der Waals surface area contributed by atoms with Crippen LogP contribution in [0.5, 0.6) is 0 Å². The summed E-state index contributed by atoms with van der Waals surface area (Å²) in [5.41, 5.74) is 2.55. The first-order valence-electron chi connectivity index (χ1n) is 11.4. The fourth-order valence-electron chi connectivity index (χ4n) is 4.57. The van der Waals surface area contributed by atoms with Crippen LogP contribution in [0, 0.1) is 0 Å². The lowest BCUT2D eigenvalue weighted by Gasteiger charge is -2.22. The number of likely N-dealkylation sites (tertiary alicyclic amines) is 1. The fraction of sp³-hybridized carbons (Fsp3) is 0.625. The zero-order valence-electron chi connectivity index (χ0n) is 18.7. The van der Waals surface area contributed by atoms with Crippen LogP contribution >= 0.6 is 11.8 Å². The van der Waals surface area contributed by atoms with Crippen molar-refractivity contribution in [2.75, 3.05) is 13.1 Å². The second kappa shape index (κ2) is 8.74. The highest BCUT2D eigenvalue weighted by molar-refractivity contribution is 8.00. The quantitative estimate of drug-likeness (QED) is 0.596. The summed E-state index contributed by atoms with van der Waals surface area (Å²) >= 11 is 1.57. The van der Waals surface area contributed by atoms with Crippen LogP contribution in [-0.4, -0.2) is 43.9 Å². The molecule has 0 radical (unpaired) electrons. The summed E-state index contributed by atoms with van der Waals surface area (Å²) in [6, 6.07) is 9.17. The lowest BCUT2D eigenvalue weighted by molar-refractivity contribution is -0.129. The van der Waals surface area contributed by atoms with E-state index in [0.717, 1.165) is 55.3 Å². The molecule has 1 amide bonds. The Morgan fingerprint density at radius 2 is 1.67 bits per heavy atom. The Morgan fingerprint density at radius 3 is 2.27 bits per heavy atom. The highest BCUT2D eigenvalue weighted by atomic mass is 32.2. The molecular formula is C24H34N4OS. The van der Waals surface area contributed by atoms with E-state index in [2.05, 4.69) is 59.8 Å². The third kappa shape index (κ3) is 4.43. The number of amides is 1. The topological polar surface area (TPSA) is 51.0 Å². The summed E-state index contributed by atoms with van der Waals surface area (Å²) in [4.78, 5) is 14.8. The number of thioether (sulfide) groups is 1. The number of aromatic nitrogens is 3. The van der Waals surface area contributed by atoms with E-state index in [1.54, 1.807) is 11.8 Å². The highest BCUT2D eigenvalue weighted by Gasteiger charge is 2.29. The number of hydrogen-bond donors (Lipinski definition) is 0. The average molecular weight is 427 g/mol. The minimum Gasteiger partial charge on any atom is -0.342 e. The van der Waals surface area contributed by atoms with E-state index in [9.17, 15) is 4.79 Å². The van der Waals surface area contributed by atoms with E-state index in [4.69, 9.17) is 0 Å². The first kappa shape index (κ1) is 21.4. The standard InChI is InChI=1S/C24H34N4OS/c1-17(22(29)27-15-7-8-16-27)30-23-26-25-21(28(23)20-9-5-6-10-20)18-11-13-19(14-12-18)24(2,3)4/h11-14,17,20H,5-10,15-16H2,1-4H3/t17-/m0/s1. The number of rotatable bonds is 5. The van der Waals surface area contributed by atoms with Crippen molar-refractivity contribution in [1.29, 1.82) is 0 Å². The molecule has 2 fully saturated rings. The van der Waals surface area contributed by atoms with Gasteiger partial charge in [0.2, 0.25) is 5.91 Å². The van der Waals surface area contributed by atoms with Crippen molar-refractivity contribution >= 4 is 17.7 Å². The first-order valence-corrected chi connectivity index (χ1v) is 12.2. The third-order valence-electron chi connectivity index (χ3n) is 6.41. The van der Waals surface area contributed by atoms with Gasteiger partial charge >= 0.3 is 0 Å². The summed E-state index contributed by atoms with van der Waals surface area (Å²) in [5, 5.41) is 9.91. The van der Waals surface area contributed by atoms with Gasteiger partial charge in [0, 0.05) is 24.7 Å². The number of benzene rings is 1. The molecule has 1 aromatic carbocycles. The van der Waals surface area contributed by atoms with Gasteiger partial charge < -0.3 is 4.90 Å². The van der Waals surface area contributed by atoms with Crippen molar-refractivity contribution in [3.05, 3.63) is 29.8 Å². The van der Waals surface area contributed by atoms with Crippen LogP contribution in [0.25, 0.3) is 11.4 Å². The molecule has 1 aromatic heterocycles. The Labute approximate surface area is 184 Å². The molecule has 1 aliphatic carbocycles. The van der Waals surface area contributed by atoms with E-state index < -0.39 is 0 Å². The summed E-state index contributed by atoms with van der Waals surface area (Å²) in [5.74, 6) is 1.17. The van der Waals surface area contributed by atoms with Crippen LogP contribution in [0.3, 0.4) is 0 Å². The molecule has 1 aliphatic heterocycles. The Morgan fingerprint density at radius 1 is 1.03 bits per heavy atom. The maximum atomic E-state index is 12.8. The molecule has 2 aromatic rings. The molecule has 0 N–H and O–H groups in total. The average Bonchev–Trinajstić information content (AvgIpc) is 3.47. The molecule has 30 heavy (non-hydrogen) atoms.